The van der Waals surface area contributed by atoms with E-state index in [1.54, 1.807) is 12.1 Å². The Labute approximate surface area is 157 Å². The Bertz CT molecular complexity index is 680. The first-order valence-corrected chi connectivity index (χ1v) is 9.31. The standard InChI is InChI=1S/C19H26N2O6/c22-7-1-6-20-19(25)13-3-4-14(15(23)10-13)21-18(24)9-12-2-5-16-17(8-12)27-11-26-16/h2,5,8,13-15,22-23H,1,3-4,6-7,9-11H2,(H,20,25)(H,21,24)/t13-,14-,15-/m0/s1. The minimum Gasteiger partial charge on any atom is -0.454 e. The average molecular weight is 378 g/mol. The van der Waals surface area contributed by atoms with E-state index in [0.29, 0.717) is 43.7 Å². The molecule has 1 heterocycles. The highest BCUT2D eigenvalue weighted by Gasteiger charge is 2.33. The summed E-state index contributed by atoms with van der Waals surface area (Å²) in [6.45, 7) is 0.649. The Morgan fingerprint density at radius 3 is 2.78 bits per heavy atom. The van der Waals surface area contributed by atoms with Gasteiger partial charge in [0.15, 0.2) is 11.5 Å². The maximum atomic E-state index is 12.3. The summed E-state index contributed by atoms with van der Waals surface area (Å²) < 4.78 is 10.6. The average Bonchev–Trinajstić information content (AvgIpc) is 3.11. The normalized spacial score (nSPS) is 23.7. The molecule has 8 heteroatoms. The zero-order valence-corrected chi connectivity index (χ0v) is 15.1. The van der Waals surface area contributed by atoms with Crippen LogP contribution in [0.2, 0.25) is 0 Å². The molecule has 1 aromatic rings. The monoisotopic (exact) mass is 378 g/mol. The van der Waals surface area contributed by atoms with Gasteiger partial charge in [-0.2, -0.15) is 0 Å². The minimum atomic E-state index is -0.756. The van der Waals surface area contributed by atoms with Crippen molar-refractivity contribution < 1.29 is 29.3 Å². The maximum Gasteiger partial charge on any atom is 0.231 e. The molecule has 0 unspecified atom stereocenters. The van der Waals surface area contributed by atoms with Crippen molar-refractivity contribution in [1.29, 1.82) is 0 Å². The van der Waals surface area contributed by atoms with Gasteiger partial charge in [-0.25, -0.2) is 0 Å². The third kappa shape index (κ3) is 5.11. The van der Waals surface area contributed by atoms with Gasteiger partial charge in [-0.3, -0.25) is 9.59 Å². The predicted octanol–water partition coefficient (Wildman–Crippen LogP) is 0.102. The number of carbonyl (C=O) groups excluding carboxylic acids is 2. The molecule has 3 atom stereocenters. The molecule has 0 radical (unpaired) electrons. The first-order valence-electron chi connectivity index (χ1n) is 9.31. The van der Waals surface area contributed by atoms with Gasteiger partial charge >= 0.3 is 0 Å². The second-order valence-corrected chi connectivity index (χ2v) is 6.98. The van der Waals surface area contributed by atoms with Crippen LogP contribution in [0.5, 0.6) is 11.5 Å². The number of fused-ring (bicyclic) bond motifs is 1. The Hall–Kier alpha value is -2.32. The first-order chi connectivity index (χ1) is 13.1. The summed E-state index contributed by atoms with van der Waals surface area (Å²) in [5.74, 6) is 0.760. The van der Waals surface area contributed by atoms with E-state index in [0.717, 1.165) is 5.56 Å². The summed E-state index contributed by atoms with van der Waals surface area (Å²) in [4.78, 5) is 24.4. The van der Waals surface area contributed by atoms with Crippen LogP contribution in [0.4, 0.5) is 0 Å². The van der Waals surface area contributed by atoms with Crippen LogP contribution >= 0.6 is 0 Å². The molecule has 0 aromatic heterocycles. The van der Waals surface area contributed by atoms with Crippen LogP contribution in [-0.4, -0.2) is 54.1 Å². The molecule has 3 rings (SSSR count). The number of aliphatic hydroxyl groups excluding tert-OH is 2. The molecule has 0 saturated heterocycles. The van der Waals surface area contributed by atoms with Gasteiger partial charge in [0.25, 0.3) is 0 Å². The third-order valence-corrected chi connectivity index (χ3v) is 4.97. The van der Waals surface area contributed by atoms with Crippen molar-refractivity contribution in [2.24, 2.45) is 5.92 Å². The quantitative estimate of drug-likeness (QED) is 0.500. The Kier molecular flexibility index (Phi) is 6.52. The van der Waals surface area contributed by atoms with Gasteiger partial charge in [0, 0.05) is 19.1 Å². The lowest BCUT2D eigenvalue weighted by atomic mass is 9.83. The summed E-state index contributed by atoms with van der Waals surface area (Å²) in [5, 5.41) is 24.7. The van der Waals surface area contributed by atoms with Crippen LogP contribution in [0, 0.1) is 5.92 Å². The molecular formula is C19H26N2O6. The highest BCUT2D eigenvalue weighted by molar-refractivity contribution is 5.80. The number of hydrogen-bond acceptors (Lipinski definition) is 6. The molecule has 2 amide bonds. The van der Waals surface area contributed by atoms with Crippen LogP contribution in [0.25, 0.3) is 0 Å². The second-order valence-electron chi connectivity index (χ2n) is 6.98. The summed E-state index contributed by atoms with van der Waals surface area (Å²) >= 11 is 0. The van der Waals surface area contributed by atoms with Gasteiger partial charge in [-0.1, -0.05) is 6.07 Å². The fourth-order valence-corrected chi connectivity index (χ4v) is 3.48. The summed E-state index contributed by atoms with van der Waals surface area (Å²) in [5.41, 5.74) is 0.809. The second kappa shape index (κ2) is 9.05. The Morgan fingerprint density at radius 2 is 2.00 bits per heavy atom. The zero-order valence-electron chi connectivity index (χ0n) is 15.1. The van der Waals surface area contributed by atoms with Crippen molar-refractivity contribution in [1.82, 2.24) is 10.6 Å². The predicted molar refractivity (Wildman–Crippen MR) is 96.3 cm³/mol. The van der Waals surface area contributed by atoms with Gasteiger partial charge in [0.05, 0.1) is 18.6 Å². The molecular weight excluding hydrogens is 352 g/mol. The number of amides is 2. The summed E-state index contributed by atoms with van der Waals surface area (Å²) in [6, 6.07) is 5.02. The van der Waals surface area contributed by atoms with Crippen LogP contribution in [0.15, 0.2) is 18.2 Å². The van der Waals surface area contributed by atoms with Gasteiger partial charge in [0.1, 0.15) is 0 Å². The van der Waals surface area contributed by atoms with E-state index in [1.807, 2.05) is 6.07 Å². The van der Waals surface area contributed by atoms with Crippen LogP contribution < -0.4 is 20.1 Å². The van der Waals surface area contributed by atoms with Crippen molar-refractivity contribution in [2.75, 3.05) is 19.9 Å². The van der Waals surface area contributed by atoms with Crippen molar-refractivity contribution in [3.05, 3.63) is 23.8 Å². The van der Waals surface area contributed by atoms with E-state index in [9.17, 15) is 14.7 Å². The Morgan fingerprint density at radius 1 is 1.19 bits per heavy atom. The number of benzene rings is 1. The van der Waals surface area contributed by atoms with Gasteiger partial charge in [-0.05, 0) is 43.4 Å². The number of rotatable bonds is 7. The van der Waals surface area contributed by atoms with Crippen LogP contribution in [-0.2, 0) is 16.0 Å². The number of nitrogens with one attached hydrogen (secondary N) is 2. The molecule has 27 heavy (non-hydrogen) atoms. The fourth-order valence-electron chi connectivity index (χ4n) is 3.48. The molecule has 0 spiro atoms. The van der Waals surface area contributed by atoms with Gasteiger partial charge < -0.3 is 30.3 Å². The molecule has 8 nitrogen and oxygen atoms in total. The molecule has 1 aromatic carbocycles. The first kappa shape index (κ1) is 19.4. The van der Waals surface area contributed by atoms with Crippen LogP contribution in [0.3, 0.4) is 0 Å². The lowest BCUT2D eigenvalue weighted by Gasteiger charge is -2.33. The largest absolute Gasteiger partial charge is 0.454 e. The van der Waals surface area contributed by atoms with Crippen molar-refractivity contribution in [3.8, 4) is 11.5 Å². The molecule has 2 aliphatic rings. The van der Waals surface area contributed by atoms with E-state index in [-0.39, 0.29) is 43.6 Å². The number of carbonyl (C=O) groups is 2. The van der Waals surface area contributed by atoms with Crippen LogP contribution in [0.1, 0.15) is 31.2 Å². The number of ether oxygens (including phenoxy) is 2. The smallest absolute Gasteiger partial charge is 0.231 e. The topological polar surface area (TPSA) is 117 Å². The number of hydrogen-bond donors (Lipinski definition) is 4. The van der Waals surface area contributed by atoms with Crippen molar-refractivity contribution in [2.45, 2.75) is 44.2 Å². The summed E-state index contributed by atoms with van der Waals surface area (Å²) in [6.07, 6.45) is 1.42. The zero-order chi connectivity index (χ0) is 19.2. The van der Waals surface area contributed by atoms with Gasteiger partial charge in [0.2, 0.25) is 18.6 Å². The van der Waals surface area contributed by atoms with E-state index in [4.69, 9.17) is 14.6 Å². The molecule has 1 fully saturated rings. The molecule has 4 N–H and O–H groups in total. The minimum absolute atomic E-state index is 0.0328. The molecule has 1 aliphatic heterocycles. The lowest BCUT2D eigenvalue weighted by Crippen LogP contribution is -2.49. The maximum absolute atomic E-state index is 12.3. The highest BCUT2D eigenvalue weighted by Crippen LogP contribution is 2.32. The molecule has 0 bridgehead atoms. The van der Waals surface area contributed by atoms with E-state index in [2.05, 4.69) is 10.6 Å². The van der Waals surface area contributed by atoms with Crippen molar-refractivity contribution in [3.63, 3.8) is 0 Å². The summed E-state index contributed by atoms with van der Waals surface area (Å²) in [7, 11) is 0. The SMILES string of the molecule is O=C(Cc1ccc2c(c1)OCO2)N[C@H]1CC[C@H](C(=O)NCCCO)C[C@@H]1O. The van der Waals surface area contributed by atoms with Gasteiger partial charge in [-0.15, -0.1) is 0 Å². The van der Waals surface area contributed by atoms with E-state index < -0.39 is 6.10 Å². The highest BCUT2D eigenvalue weighted by atomic mass is 16.7. The molecule has 1 saturated carbocycles. The van der Waals surface area contributed by atoms with Crippen molar-refractivity contribution >= 4 is 11.8 Å². The van der Waals surface area contributed by atoms with E-state index >= 15 is 0 Å². The third-order valence-electron chi connectivity index (χ3n) is 4.97. The lowest BCUT2D eigenvalue weighted by molar-refractivity contribution is -0.128. The van der Waals surface area contributed by atoms with E-state index in [1.165, 1.54) is 0 Å². The fraction of sp³-hybridized carbons (Fsp3) is 0.579. The Balaban J connectivity index is 1.45. The molecule has 1 aliphatic carbocycles. The molecule has 148 valence electrons. The number of aliphatic hydroxyl groups is 2.